The van der Waals surface area contributed by atoms with E-state index in [1.54, 1.807) is 11.3 Å². The van der Waals surface area contributed by atoms with Gasteiger partial charge >= 0.3 is 0 Å². The van der Waals surface area contributed by atoms with Crippen molar-refractivity contribution in [2.75, 3.05) is 13.1 Å². The normalized spacial score (nSPS) is 16.8. The molecule has 1 aliphatic rings. The van der Waals surface area contributed by atoms with Crippen molar-refractivity contribution in [3.8, 4) is 11.4 Å². The van der Waals surface area contributed by atoms with Crippen LogP contribution in [-0.4, -0.2) is 34.0 Å². The molecule has 6 heteroatoms. The van der Waals surface area contributed by atoms with E-state index >= 15 is 0 Å². The average molecular weight is 418 g/mol. The molecular weight excluding hydrogens is 394 g/mol. The standard InChI is InChI=1S/C24H23N3O2S/c28-23(14-19-8-3-7-18-6-1-2-9-21(18)19)27-11-4-5-17(15-27)13-22-25-24(26-29-22)20-10-12-30-16-20/h1-3,6-10,12,16-17H,4-5,11,13-15H2. The summed E-state index contributed by atoms with van der Waals surface area (Å²) in [5.74, 6) is 1.85. The Morgan fingerprint density at radius 2 is 2.07 bits per heavy atom. The minimum Gasteiger partial charge on any atom is -0.342 e. The van der Waals surface area contributed by atoms with Crippen molar-refractivity contribution < 1.29 is 9.32 Å². The Labute approximate surface area is 179 Å². The van der Waals surface area contributed by atoms with E-state index in [2.05, 4.69) is 34.4 Å². The van der Waals surface area contributed by atoms with Gasteiger partial charge in [-0.1, -0.05) is 47.6 Å². The third kappa shape index (κ3) is 4.00. The lowest BCUT2D eigenvalue weighted by atomic mass is 9.94. The molecule has 1 fully saturated rings. The van der Waals surface area contributed by atoms with Gasteiger partial charge in [-0.2, -0.15) is 16.3 Å². The summed E-state index contributed by atoms with van der Waals surface area (Å²) < 4.78 is 5.47. The Kier molecular flexibility index (Phi) is 5.32. The highest BCUT2D eigenvalue weighted by Gasteiger charge is 2.26. The molecule has 1 saturated heterocycles. The highest BCUT2D eigenvalue weighted by atomic mass is 32.1. The molecular formula is C24H23N3O2S. The van der Waals surface area contributed by atoms with Crippen molar-refractivity contribution in [3.63, 3.8) is 0 Å². The van der Waals surface area contributed by atoms with E-state index in [0.29, 0.717) is 24.1 Å². The summed E-state index contributed by atoms with van der Waals surface area (Å²) in [7, 11) is 0. The topological polar surface area (TPSA) is 59.2 Å². The number of carbonyl (C=O) groups excluding carboxylic acids is 1. The first-order valence-corrected chi connectivity index (χ1v) is 11.3. The highest BCUT2D eigenvalue weighted by molar-refractivity contribution is 7.08. The SMILES string of the molecule is O=C(Cc1cccc2ccccc12)N1CCCC(Cc2nc(-c3ccsc3)no2)C1. The zero-order chi connectivity index (χ0) is 20.3. The van der Waals surface area contributed by atoms with Gasteiger partial charge in [0, 0.05) is 30.5 Å². The molecule has 5 rings (SSSR count). The fourth-order valence-electron chi connectivity index (χ4n) is 4.27. The van der Waals surface area contributed by atoms with Crippen molar-refractivity contribution in [3.05, 3.63) is 70.7 Å². The van der Waals surface area contributed by atoms with E-state index in [1.807, 2.05) is 39.9 Å². The lowest BCUT2D eigenvalue weighted by molar-refractivity contribution is -0.132. The van der Waals surface area contributed by atoms with Crippen molar-refractivity contribution >= 4 is 28.0 Å². The molecule has 0 N–H and O–H groups in total. The highest BCUT2D eigenvalue weighted by Crippen LogP contribution is 2.25. The van der Waals surface area contributed by atoms with Gasteiger partial charge in [-0.3, -0.25) is 4.79 Å². The average Bonchev–Trinajstić information content (AvgIpc) is 3.46. The molecule has 1 aliphatic heterocycles. The molecule has 0 radical (unpaired) electrons. The minimum absolute atomic E-state index is 0.195. The van der Waals surface area contributed by atoms with Crippen LogP contribution in [0.5, 0.6) is 0 Å². The summed E-state index contributed by atoms with van der Waals surface area (Å²) in [6.45, 7) is 1.57. The van der Waals surface area contributed by atoms with Crippen LogP contribution in [0.1, 0.15) is 24.3 Å². The van der Waals surface area contributed by atoms with E-state index in [9.17, 15) is 4.79 Å². The van der Waals surface area contributed by atoms with E-state index < -0.39 is 0 Å². The Balaban J connectivity index is 1.24. The van der Waals surface area contributed by atoms with Crippen LogP contribution in [0.15, 0.2) is 63.8 Å². The predicted molar refractivity (Wildman–Crippen MR) is 118 cm³/mol. The summed E-state index contributed by atoms with van der Waals surface area (Å²) in [5, 5.41) is 10.5. The fraction of sp³-hybridized carbons (Fsp3) is 0.292. The number of aromatic nitrogens is 2. The monoisotopic (exact) mass is 417 g/mol. The van der Waals surface area contributed by atoms with Crippen LogP contribution < -0.4 is 0 Å². The number of rotatable bonds is 5. The first-order valence-electron chi connectivity index (χ1n) is 10.4. The summed E-state index contributed by atoms with van der Waals surface area (Å²) >= 11 is 1.62. The van der Waals surface area contributed by atoms with Crippen LogP contribution in [0.2, 0.25) is 0 Å². The van der Waals surface area contributed by atoms with Gasteiger partial charge in [0.15, 0.2) is 0 Å². The molecule has 5 nitrogen and oxygen atoms in total. The first-order chi connectivity index (χ1) is 14.8. The van der Waals surface area contributed by atoms with Gasteiger partial charge in [0.1, 0.15) is 0 Å². The van der Waals surface area contributed by atoms with Gasteiger partial charge in [0.2, 0.25) is 17.6 Å². The fourth-order valence-corrected chi connectivity index (χ4v) is 4.91. The van der Waals surface area contributed by atoms with Crippen molar-refractivity contribution in [1.29, 1.82) is 0 Å². The van der Waals surface area contributed by atoms with Crippen molar-refractivity contribution in [1.82, 2.24) is 15.0 Å². The number of amides is 1. The van der Waals surface area contributed by atoms with Crippen LogP contribution in [0, 0.1) is 5.92 Å². The summed E-state index contributed by atoms with van der Waals surface area (Å²) in [4.78, 5) is 19.6. The van der Waals surface area contributed by atoms with E-state index in [0.717, 1.165) is 48.9 Å². The molecule has 30 heavy (non-hydrogen) atoms. The van der Waals surface area contributed by atoms with Crippen LogP contribution in [-0.2, 0) is 17.6 Å². The molecule has 4 aromatic rings. The van der Waals surface area contributed by atoms with E-state index in [-0.39, 0.29) is 5.91 Å². The van der Waals surface area contributed by atoms with Crippen LogP contribution in [0.25, 0.3) is 22.2 Å². The van der Waals surface area contributed by atoms with Gasteiger partial charge in [-0.15, -0.1) is 0 Å². The molecule has 0 bridgehead atoms. The second kappa shape index (κ2) is 8.40. The number of carbonyl (C=O) groups is 1. The molecule has 152 valence electrons. The van der Waals surface area contributed by atoms with Gasteiger partial charge in [-0.05, 0) is 46.5 Å². The van der Waals surface area contributed by atoms with Gasteiger partial charge in [0.05, 0.1) is 6.42 Å². The Hall–Kier alpha value is -2.99. The number of fused-ring (bicyclic) bond motifs is 1. The zero-order valence-electron chi connectivity index (χ0n) is 16.7. The number of nitrogens with zero attached hydrogens (tertiary/aromatic N) is 3. The van der Waals surface area contributed by atoms with E-state index in [1.165, 1.54) is 5.39 Å². The van der Waals surface area contributed by atoms with Gasteiger partial charge in [0.25, 0.3) is 0 Å². The summed E-state index contributed by atoms with van der Waals surface area (Å²) in [6, 6.07) is 16.4. The third-order valence-electron chi connectivity index (χ3n) is 5.80. The molecule has 0 spiro atoms. The maximum Gasteiger partial charge on any atom is 0.227 e. The molecule has 1 unspecified atom stereocenters. The summed E-state index contributed by atoms with van der Waals surface area (Å²) in [5.41, 5.74) is 2.09. The lowest BCUT2D eigenvalue weighted by Gasteiger charge is -2.32. The number of thiophene rings is 1. The molecule has 0 saturated carbocycles. The van der Waals surface area contributed by atoms with Crippen molar-refractivity contribution in [2.24, 2.45) is 5.92 Å². The molecule has 1 atom stereocenters. The van der Waals surface area contributed by atoms with Crippen LogP contribution in [0.4, 0.5) is 0 Å². The maximum atomic E-state index is 13.0. The van der Waals surface area contributed by atoms with Crippen LogP contribution in [0.3, 0.4) is 0 Å². The van der Waals surface area contributed by atoms with E-state index in [4.69, 9.17) is 4.52 Å². The number of benzene rings is 2. The third-order valence-corrected chi connectivity index (χ3v) is 6.49. The number of piperidine rings is 1. The lowest BCUT2D eigenvalue weighted by Crippen LogP contribution is -2.41. The second-order valence-corrected chi connectivity index (χ2v) is 8.67. The van der Waals surface area contributed by atoms with Crippen molar-refractivity contribution in [2.45, 2.75) is 25.7 Å². The Bertz CT molecular complexity index is 1150. The Morgan fingerprint density at radius 1 is 1.17 bits per heavy atom. The second-order valence-electron chi connectivity index (χ2n) is 7.89. The van der Waals surface area contributed by atoms with Gasteiger partial charge < -0.3 is 9.42 Å². The molecule has 2 aromatic heterocycles. The quantitative estimate of drug-likeness (QED) is 0.460. The number of hydrogen-bond acceptors (Lipinski definition) is 5. The van der Waals surface area contributed by atoms with Gasteiger partial charge in [-0.25, -0.2) is 0 Å². The maximum absolute atomic E-state index is 13.0. The molecule has 0 aliphatic carbocycles. The zero-order valence-corrected chi connectivity index (χ0v) is 17.5. The first kappa shape index (κ1) is 19.0. The number of hydrogen-bond donors (Lipinski definition) is 0. The predicted octanol–water partition coefficient (Wildman–Crippen LogP) is 4.98. The molecule has 1 amide bonds. The Morgan fingerprint density at radius 3 is 2.97 bits per heavy atom. The number of likely N-dealkylation sites (tertiary alicyclic amines) is 1. The largest absolute Gasteiger partial charge is 0.342 e. The summed E-state index contributed by atoms with van der Waals surface area (Å²) in [6.07, 6.45) is 3.25. The van der Waals surface area contributed by atoms with Crippen LogP contribution >= 0.6 is 11.3 Å². The molecule has 3 heterocycles. The molecule has 2 aromatic carbocycles. The smallest absolute Gasteiger partial charge is 0.227 e. The minimum atomic E-state index is 0.195.